The summed E-state index contributed by atoms with van der Waals surface area (Å²) in [6, 6.07) is 63.0. The number of nitro groups is 1. The maximum atomic E-state index is 12.7. The van der Waals surface area contributed by atoms with Gasteiger partial charge >= 0.3 is 0 Å². The van der Waals surface area contributed by atoms with Crippen LogP contribution in [0, 0.1) is 62.5 Å². The van der Waals surface area contributed by atoms with Crippen LogP contribution in [0.5, 0.6) is 34.5 Å². The van der Waals surface area contributed by atoms with Crippen LogP contribution in [0.25, 0.3) is 55.2 Å². The molecule has 0 unspecified atom stereocenters. The number of rotatable bonds is 21. The predicted octanol–water partition coefficient (Wildman–Crippen LogP) is 23.1. The SMILES string of the molecule is CNc1c(OCc2ccccc2)cc(Br)cc1[N+](=O)[O-].Cc1nc2cc(Br)cc(O)c2n1C.Cc1nc2cc(Br)cc(OCc3ccccc3)c2n1C.Cc1nc2cc(Br)cc(O[C@H](C)[C@@H]3CC(=O)N([C@H](C)c4ccccc4)C3)c2n1C.Cc1nc2cc(Br)cc(O[C@H](C)[C@@H]3CC(=O)N([C@H](C)c4ccccc4)C3)c2n1C.Cc1nc2cc(Br)cc(O[C@H](C)[C@H]3CNC(=O)C3)c2n1C. The minimum absolute atomic E-state index is 0.0232. The molecular formula is C100H107Br6N15O11. The lowest BCUT2D eigenvalue weighted by Crippen LogP contribution is -2.31. The minimum Gasteiger partial charge on any atom is -0.506 e. The second-order valence-electron chi connectivity index (χ2n) is 33.3. The number of aromatic hydroxyl groups is 1. The Bertz CT molecular complexity index is 6500. The van der Waals surface area contributed by atoms with E-state index in [1.807, 2.05) is 244 Å². The summed E-state index contributed by atoms with van der Waals surface area (Å²) in [5.41, 5.74) is 14.1. The van der Waals surface area contributed by atoms with E-state index in [1.54, 1.807) is 19.2 Å². The van der Waals surface area contributed by atoms with Crippen LogP contribution < -0.4 is 34.3 Å². The zero-order valence-electron chi connectivity index (χ0n) is 76.4. The Labute approximate surface area is 818 Å². The third-order valence-corrected chi connectivity index (χ3v) is 27.2. The highest BCUT2D eigenvalue weighted by molar-refractivity contribution is 9.11. The van der Waals surface area contributed by atoms with E-state index in [0.29, 0.717) is 68.0 Å². The molecule has 18 rings (SSSR count). The first-order chi connectivity index (χ1) is 63.0. The summed E-state index contributed by atoms with van der Waals surface area (Å²) in [6.45, 7) is 23.2. The second-order valence-corrected chi connectivity index (χ2v) is 38.7. The standard InChI is InChI=1S/2C23H26BrN3O2.C16H15BrN2O.C15H18BrN3O2.C14H13BrN2O3.C9H9BrN2O/c2*1-14(17-8-6-5-7-9-17)27-13-18(10-22(27)28)15(2)29-21-12-19(24)11-20-23(21)26(4)16(3)25-20;1-11-18-14-8-13(17)9-15(16(14)19(11)2)20-10-12-6-4-3-5-7-12;1-8(10-4-14(20)17-7-10)21-13-6-11(16)5-12-15(13)19(3)9(2)18-12;1-16-14-12(17(18)19)7-11(15)8-13(14)20-9-10-5-3-2-4-6-10;1-5-11-7-3-6(10)4-8(13)9(7)12(5)2/h2*5-9,11-12,14-15,18H,10,13H2,1-4H3;3-9H,10H2,1-2H3;5-6,8,10H,4,7H2,1-3H3,(H,17,20);2-8,16H,9H2,1H3;3-4,13H,1-2H3/t2*14-,15-,18-;;8-,10-;;/m11.1../s1. The third kappa shape index (κ3) is 23.4. The van der Waals surface area contributed by atoms with Gasteiger partial charge in [-0.05, 0) is 158 Å². The zero-order valence-corrected chi connectivity index (χ0v) is 85.9. The Morgan fingerprint density at radius 1 is 0.424 bits per heavy atom. The van der Waals surface area contributed by atoms with Gasteiger partial charge in [-0.15, -0.1) is 0 Å². The lowest BCUT2D eigenvalue weighted by Gasteiger charge is -2.26. The summed E-state index contributed by atoms with van der Waals surface area (Å²) in [7, 11) is 11.5. The number of phenols is 1. The highest BCUT2D eigenvalue weighted by atomic mass is 79.9. The fraction of sp³-hybridized carbons (Fsp3) is 0.320. The van der Waals surface area contributed by atoms with Gasteiger partial charge in [-0.2, -0.15) is 0 Å². The molecule has 8 heterocycles. The smallest absolute Gasteiger partial charge is 0.297 e. The Hall–Kier alpha value is -11.2. The topological polar surface area (TPSA) is 280 Å². The summed E-state index contributed by atoms with van der Waals surface area (Å²) in [6.07, 6.45) is 1.36. The highest BCUT2D eigenvalue weighted by Gasteiger charge is 2.39. The Morgan fingerprint density at radius 2 is 0.727 bits per heavy atom. The number of fused-ring (bicyclic) bond motifs is 5. The molecular weight excluding hydrogens is 2070 g/mol. The molecule has 3 fully saturated rings. The number of nitrogens with zero attached hydrogens (tertiary/aromatic N) is 13. The van der Waals surface area contributed by atoms with Crippen molar-refractivity contribution < 1.29 is 48.1 Å². The van der Waals surface area contributed by atoms with Gasteiger partial charge in [-0.3, -0.25) is 24.5 Å². The Kier molecular flexibility index (Phi) is 32.5. The molecule has 0 aliphatic carbocycles. The number of carbonyl (C=O) groups excluding carboxylic acids is 3. The number of aromatic nitrogens is 10. The van der Waals surface area contributed by atoms with E-state index in [-0.39, 0.29) is 77.3 Å². The fourth-order valence-electron chi connectivity index (χ4n) is 16.5. The fourth-order valence-corrected chi connectivity index (χ4v) is 19.0. The number of aryl methyl sites for hydroxylation is 10. The lowest BCUT2D eigenvalue weighted by molar-refractivity contribution is -0.384. The largest absolute Gasteiger partial charge is 0.506 e. The van der Waals surface area contributed by atoms with E-state index < -0.39 is 4.92 Å². The molecule has 26 nitrogen and oxygen atoms in total. The quantitative estimate of drug-likeness (QED) is 0.0445. The van der Waals surface area contributed by atoms with Gasteiger partial charge in [-0.25, -0.2) is 24.9 Å². The van der Waals surface area contributed by atoms with Crippen molar-refractivity contribution in [2.45, 2.75) is 132 Å². The van der Waals surface area contributed by atoms with Gasteiger partial charge in [0.1, 0.15) is 117 Å². The summed E-state index contributed by atoms with van der Waals surface area (Å²) in [5.74, 6) is 9.63. The maximum absolute atomic E-state index is 12.7. The van der Waals surface area contributed by atoms with E-state index in [0.717, 1.165) is 152 Å². The van der Waals surface area contributed by atoms with Crippen LogP contribution in [0.15, 0.2) is 221 Å². The maximum Gasteiger partial charge on any atom is 0.297 e. The van der Waals surface area contributed by atoms with Crippen LogP contribution in [-0.4, -0.2) is 130 Å². The number of benzene rings is 10. The van der Waals surface area contributed by atoms with Crippen molar-refractivity contribution >= 4 is 180 Å². The van der Waals surface area contributed by atoms with Crippen LogP contribution in [0.1, 0.15) is 117 Å². The number of nitro benzene ring substituents is 1. The first-order valence-corrected chi connectivity index (χ1v) is 48.0. The molecule has 0 saturated carbocycles. The number of imidazole rings is 5. The normalized spacial score (nSPS) is 15.8. The van der Waals surface area contributed by atoms with E-state index in [9.17, 15) is 29.6 Å². The highest BCUT2D eigenvalue weighted by Crippen LogP contribution is 2.42. The Morgan fingerprint density at radius 3 is 1.08 bits per heavy atom. The number of hydrogen-bond donors (Lipinski definition) is 3. The lowest BCUT2D eigenvalue weighted by atomic mass is 10.0. The van der Waals surface area contributed by atoms with Gasteiger partial charge in [0.15, 0.2) is 11.4 Å². The van der Waals surface area contributed by atoms with E-state index in [4.69, 9.17) is 23.7 Å². The molecule has 0 spiro atoms. The number of anilines is 1. The van der Waals surface area contributed by atoms with Crippen molar-refractivity contribution in [1.82, 2.24) is 62.9 Å². The molecule has 15 aromatic rings. The monoisotopic (exact) mass is 2170 g/mol. The second kappa shape index (κ2) is 43.7. The summed E-state index contributed by atoms with van der Waals surface area (Å²) < 4.78 is 45.9. The number of likely N-dealkylation sites (tertiary alicyclic amines) is 2. The summed E-state index contributed by atoms with van der Waals surface area (Å²) >= 11 is 20.7. The van der Waals surface area contributed by atoms with Gasteiger partial charge < -0.3 is 72.1 Å². The van der Waals surface area contributed by atoms with Crippen molar-refractivity contribution in [2.75, 3.05) is 32.0 Å². The first-order valence-electron chi connectivity index (χ1n) is 43.3. The van der Waals surface area contributed by atoms with Crippen LogP contribution in [-0.2, 0) is 62.8 Å². The molecule has 3 aliphatic heterocycles. The van der Waals surface area contributed by atoms with E-state index in [2.05, 4.69) is 200 Å². The van der Waals surface area contributed by atoms with Gasteiger partial charge in [0.05, 0.1) is 44.6 Å². The van der Waals surface area contributed by atoms with Crippen LogP contribution in [0.4, 0.5) is 11.4 Å². The van der Waals surface area contributed by atoms with Crippen LogP contribution in [0.2, 0.25) is 0 Å². The molecule has 8 atom stereocenters. The predicted molar refractivity (Wildman–Crippen MR) is 540 cm³/mol. The molecule has 0 radical (unpaired) electrons. The van der Waals surface area contributed by atoms with E-state index in [1.165, 1.54) is 6.07 Å². The third-order valence-electron chi connectivity index (χ3n) is 24.4. The number of carbonyl (C=O) groups is 3. The zero-order chi connectivity index (χ0) is 94.8. The molecule has 690 valence electrons. The average molecular weight is 2170 g/mol. The number of halogens is 6. The van der Waals surface area contributed by atoms with Crippen LogP contribution in [0.3, 0.4) is 0 Å². The minimum atomic E-state index is -0.439. The van der Waals surface area contributed by atoms with Gasteiger partial charge in [0, 0.05) is 132 Å². The van der Waals surface area contributed by atoms with Crippen molar-refractivity contribution in [3.63, 3.8) is 0 Å². The molecule has 32 heteroatoms. The summed E-state index contributed by atoms with van der Waals surface area (Å²) in [4.78, 5) is 74.0. The molecule has 3 N–H and O–H groups in total. The Balaban J connectivity index is 0.000000137. The summed E-state index contributed by atoms with van der Waals surface area (Å²) in [5, 5.41) is 26.4. The molecule has 3 saturated heterocycles. The van der Waals surface area contributed by atoms with Gasteiger partial charge in [0.25, 0.3) is 5.69 Å². The molecule has 5 aromatic heterocycles. The van der Waals surface area contributed by atoms with Crippen molar-refractivity contribution in [3.05, 3.63) is 282 Å². The molecule has 0 bridgehead atoms. The number of nitrogens with one attached hydrogen (secondary N) is 2. The number of amides is 3. The van der Waals surface area contributed by atoms with Gasteiger partial charge in [-0.1, -0.05) is 217 Å². The van der Waals surface area contributed by atoms with Crippen LogP contribution >= 0.6 is 95.6 Å². The number of ether oxygens (including phenoxy) is 5. The molecule has 10 aromatic carbocycles. The molecule has 132 heavy (non-hydrogen) atoms. The molecule has 3 amide bonds. The van der Waals surface area contributed by atoms with Crippen molar-refractivity contribution in [1.29, 1.82) is 0 Å². The van der Waals surface area contributed by atoms with Crippen molar-refractivity contribution in [3.8, 4) is 34.5 Å². The number of phenolic OH excluding ortho intramolecular Hbond substituents is 1. The average Bonchev–Trinajstić information content (AvgIpc) is 1.64. The first kappa shape index (κ1) is 98.3. The number of hydrogen-bond acceptors (Lipinski definition) is 17. The van der Waals surface area contributed by atoms with Gasteiger partial charge in [0.2, 0.25) is 17.7 Å². The molecule has 3 aliphatic rings. The van der Waals surface area contributed by atoms with Crippen molar-refractivity contribution in [2.24, 2.45) is 53.0 Å². The van der Waals surface area contributed by atoms with E-state index >= 15 is 0 Å².